The Hall–Kier alpha value is -4.37. The Morgan fingerprint density at radius 1 is 0.909 bits per heavy atom. The molecule has 3 heterocycles. The summed E-state index contributed by atoms with van der Waals surface area (Å²) >= 11 is 0. The normalized spacial score (nSPS) is 13.5. The second-order valence-corrected chi connectivity index (χ2v) is 7.89. The average molecular weight is 434 g/mol. The Morgan fingerprint density at radius 2 is 1.58 bits per heavy atom. The minimum atomic E-state index is -0.0405. The van der Waals surface area contributed by atoms with Gasteiger partial charge in [0.2, 0.25) is 0 Å². The van der Waals surface area contributed by atoms with Gasteiger partial charge in [0.05, 0.1) is 23.1 Å². The van der Waals surface area contributed by atoms with Crippen LogP contribution >= 0.6 is 0 Å². The molecule has 0 unspecified atom stereocenters. The molecule has 6 nitrogen and oxygen atoms in total. The Balaban J connectivity index is 1.49. The van der Waals surface area contributed by atoms with Crippen LogP contribution in [0.5, 0.6) is 0 Å². The van der Waals surface area contributed by atoms with E-state index in [2.05, 4.69) is 11.0 Å². The topological polar surface area (TPSA) is 73.4 Å². The third-order valence-electron chi connectivity index (χ3n) is 5.89. The van der Waals surface area contributed by atoms with E-state index in [0.717, 1.165) is 22.4 Å². The van der Waals surface area contributed by atoms with Gasteiger partial charge in [-0.2, -0.15) is 5.26 Å². The van der Waals surface area contributed by atoms with E-state index < -0.39 is 0 Å². The minimum absolute atomic E-state index is 0.0405. The smallest absolute Gasteiger partial charge is 0.257 e. The number of furan rings is 1. The van der Waals surface area contributed by atoms with E-state index in [9.17, 15) is 10.1 Å². The minimum Gasteiger partial charge on any atom is -0.472 e. The molecular weight excluding hydrogens is 412 g/mol. The van der Waals surface area contributed by atoms with Gasteiger partial charge in [-0.1, -0.05) is 60.7 Å². The Bertz CT molecular complexity index is 1290. The van der Waals surface area contributed by atoms with Crippen molar-refractivity contribution in [1.29, 1.82) is 5.26 Å². The second kappa shape index (κ2) is 9.01. The molecule has 6 heteroatoms. The fraction of sp³-hybridized carbons (Fsp3) is 0.148. The standard InChI is InChI=1S/C27H22N4O2/c28-18-23-17-24(20-7-3-1-4-8-20)25(21-9-5-2-6-10-21)29-26(23)30-12-14-31(15-13-30)27(32)22-11-16-33-19-22/h1-11,16-17,19H,12-15H2. The average Bonchev–Trinajstić information content (AvgIpc) is 3.44. The number of nitriles is 1. The zero-order chi connectivity index (χ0) is 22.6. The van der Waals surface area contributed by atoms with Crippen molar-refractivity contribution in [2.75, 3.05) is 31.1 Å². The van der Waals surface area contributed by atoms with Crippen molar-refractivity contribution < 1.29 is 9.21 Å². The number of hydrogen-bond acceptors (Lipinski definition) is 5. The molecule has 0 spiro atoms. The number of nitrogens with zero attached hydrogens (tertiary/aromatic N) is 4. The van der Waals surface area contributed by atoms with Gasteiger partial charge in [0.25, 0.3) is 5.91 Å². The number of rotatable bonds is 4. The van der Waals surface area contributed by atoms with Crippen LogP contribution in [0.4, 0.5) is 5.82 Å². The van der Waals surface area contributed by atoms with E-state index in [1.807, 2.05) is 71.6 Å². The maximum atomic E-state index is 12.6. The molecule has 0 atom stereocenters. The summed E-state index contributed by atoms with van der Waals surface area (Å²) < 4.78 is 5.05. The molecule has 162 valence electrons. The van der Waals surface area contributed by atoms with Gasteiger partial charge in [-0.15, -0.1) is 0 Å². The number of carbonyl (C=O) groups is 1. The third-order valence-corrected chi connectivity index (χ3v) is 5.89. The summed E-state index contributed by atoms with van der Waals surface area (Å²) in [5, 5.41) is 9.96. The molecule has 0 aliphatic carbocycles. The predicted molar refractivity (Wildman–Crippen MR) is 127 cm³/mol. The van der Waals surface area contributed by atoms with Crippen molar-refractivity contribution in [3.05, 3.63) is 96.4 Å². The maximum absolute atomic E-state index is 12.6. The molecule has 1 aliphatic heterocycles. The highest BCUT2D eigenvalue weighted by molar-refractivity contribution is 5.94. The summed E-state index contributed by atoms with van der Waals surface area (Å²) in [6.07, 6.45) is 2.98. The number of piperazine rings is 1. The maximum Gasteiger partial charge on any atom is 0.257 e. The molecule has 2 aromatic heterocycles. The summed E-state index contributed by atoms with van der Waals surface area (Å²) in [4.78, 5) is 21.6. The lowest BCUT2D eigenvalue weighted by Crippen LogP contribution is -2.49. The Kier molecular flexibility index (Phi) is 5.61. The van der Waals surface area contributed by atoms with Crippen LogP contribution in [0.25, 0.3) is 22.4 Å². The number of benzene rings is 2. The Morgan fingerprint density at radius 3 is 2.18 bits per heavy atom. The van der Waals surface area contributed by atoms with Crippen LogP contribution in [0.2, 0.25) is 0 Å². The SMILES string of the molecule is N#Cc1cc(-c2ccccc2)c(-c2ccccc2)nc1N1CCN(C(=O)c2ccoc2)CC1. The highest BCUT2D eigenvalue weighted by atomic mass is 16.3. The first-order valence-corrected chi connectivity index (χ1v) is 10.9. The lowest BCUT2D eigenvalue weighted by molar-refractivity contribution is 0.0746. The van der Waals surface area contributed by atoms with Gasteiger partial charge in [0.15, 0.2) is 0 Å². The van der Waals surface area contributed by atoms with Gasteiger partial charge in [0, 0.05) is 37.3 Å². The van der Waals surface area contributed by atoms with Gasteiger partial charge >= 0.3 is 0 Å². The molecule has 33 heavy (non-hydrogen) atoms. The van der Waals surface area contributed by atoms with Gasteiger partial charge in [-0.25, -0.2) is 4.98 Å². The van der Waals surface area contributed by atoms with Gasteiger partial charge in [-0.3, -0.25) is 4.79 Å². The lowest BCUT2D eigenvalue weighted by atomic mass is 9.97. The molecule has 0 radical (unpaired) electrons. The molecule has 1 amide bonds. The van der Waals surface area contributed by atoms with Gasteiger partial charge in [-0.05, 0) is 17.7 Å². The van der Waals surface area contributed by atoms with Crippen molar-refractivity contribution in [2.24, 2.45) is 0 Å². The van der Waals surface area contributed by atoms with E-state index in [1.54, 1.807) is 6.07 Å². The first-order valence-electron chi connectivity index (χ1n) is 10.9. The molecular formula is C27H22N4O2. The molecule has 0 N–H and O–H groups in total. The van der Waals surface area contributed by atoms with Crippen LogP contribution < -0.4 is 4.90 Å². The van der Waals surface area contributed by atoms with Crippen LogP contribution in [0, 0.1) is 11.3 Å². The zero-order valence-electron chi connectivity index (χ0n) is 18.0. The fourth-order valence-electron chi connectivity index (χ4n) is 4.17. The molecule has 1 fully saturated rings. The highest BCUT2D eigenvalue weighted by Crippen LogP contribution is 2.35. The largest absolute Gasteiger partial charge is 0.472 e. The number of aromatic nitrogens is 1. The molecule has 5 rings (SSSR count). The molecule has 4 aromatic rings. The third kappa shape index (κ3) is 4.09. The first-order chi connectivity index (χ1) is 16.2. The van der Waals surface area contributed by atoms with E-state index in [1.165, 1.54) is 12.5 Å². The van der Waals surface area contributed by atoms with E-state index >= 15 is 0 Å². The monoisotopic (exact) mass is 434 g/mol. The number of amides is 1. The number of pyridine rings is 1. The first kappa shape index (κ1) is 20.5. The fourth-order valence-corrected chi connectivity index (χ4v) is 4.17. The number of anilines is 1. The van der Waals surface area contributed by atoms with Crippen LogP contribution in [-0.4, -0.2) is 42.0 Å². The van der Waals surface area contributed by atoms with Crippen molar-refractivity contribution >= 4 is 11.7 Å². The quantitative estimate of drug-likeness (QED) is 0.459. The predicted octanol–water partition coefficient (Wildman–Crippen LogP) is 4.84. The molecule has 0 bridgehead atoms. The van der Waals surface area contributed by atoms with Crippen molar-refractivity contribution in [3.63, 3.8) is 0 Å². The summed E-state index contributed by atoms with van der Waals surface area (Å²) in [6.45, 7) is 2.31. The van der Waals surface area contributed by atoms with Crippen LogP contribution in [-0.2, 0) is 0 Å². The van der Waals surface area contributed by atoms with Crippen LogP contribution in [0.15, 0.2) is 89.7 Å². The summed E-state index contributed by atoms with van der Waals surface area (Å²) in [6, 6.07) is 26.0. The number of hydrogen-bond donors (Lipinski definition) is 0. The van der Waals surface area contributed by atoms with E-state index in [4.69, 9.17) is 9.40 Å². The van der Waals surface area contributed by atoms with Gasteiger partial charge < -0.3 is 14.2 Å². The van der Waals surface area contributed by atoms with E-state index in [-0.39, 0.29) is 5.91 Å². The van der Waals surface area contributed by atoms with Crippen molar-refractivity contribution in [3.8, 4) is 28.5 Å². The van der Waals surface area contributed by atoms with E-state index in [0.29, 0.717) is 43.1 Å². The molecule has 2 aromatic carbocycles. The van der Waals surface area contributed by atoms with Crippen molar-refractivity contribution in [1.82, 2.24) is 9.88 Å². The Labute approximate surface area is 192 Å². The number of carbonyl (C=O) groups excluding carboxylic acids is 1. The highest BCUT2D eigenvalue weighted by Gasteiger charge is 2.26. The van der Waals surface area contributed by atoms with Crippen LogP contribution in [0.1, 0.15) is 15.9 Å². The molecule has 1 aliphatic rings. The van der Waals surface area contributed by atoms with Crippen LogP contribution in [0.3, 0.4) is 0 Å². The van der Waals surface area contributed by atoms with Gasteiger partial charge in [0.1, 0.15) is 18.2 Å². The summed E-state index contributed by atoms with van der Waals surface area (Å²) in [5.74, 6) is 0.618. The second-order valence-electron chi connectivity index (χ2n) is 7.89. The lowest BCUT2D eigenvalue weighted by Gasteiger charge is -2.36. The summed E-state index contributed by atoms with van der Waals surface area (Å²) in [7, 11) is 0. The molecule has 1 saturated heterocycles. The molecule has 0 saturated carbocycles. The van der Waals surface area contributed by atoms with Crippen molar-refractivity contribution in [2.45, 2.75) is 0 Å². The summed E-state index contributed by atoms with van der Waals surface area (Å²) in [5.41, 5.74) is 4.86. The zero-order valence-corrected chi connectivity index (χ0v) is 18.0.